The van der Waals surface area contributed by atoms with Gasteiger partial charge < -0.3 is 10.1 Å². The summed E-state index contributed by atoms with van der Waals surface area (Å²) in [5.41, 5.74) is 1.54. The number of H-pyrrole nitrogens is 1. The van der Waals surface area contributed by atoms with Crippen LogP contribution >= 0.6 is 15.9 Å². The Bertz CT molecular complexity index is 1140. The Hall–Kier alpha value is -2.20. The van der Waals surface area contributed by atoms with Crippen molar-refractivity contribution in [1.29, 1.82) is 0 Å². The fraction of sp³-hybridized carbons (Fsp3) is 0.250. The number of nitrogens with zero attached hydrogens (tertiary/aromatic N) is 2. The molecule has 0 saturated carbocycles. The minimum atomic E-state index is -3.58. The highest BCUT2D eigenvalue weighted by molar-refractivity contribution is 9.10. The van der Waals surface area contributed by atoms with E-state index in [1.165, 1.54) is 4.31 Å². The van der Waals surface area contributed by atoms with E-state index in [0.717, 1.165) is 15.4 Å². The summed E-state index contributed by atoms with van der Waals surface area (Å²) in [5, 5.41) is 10.8. The number of fused-ring (bicyclic) bond motifs is 1. The van der Waals surface area contributed by atoms with Crippen LogP contribution in [0.4, 0.5) is 0 Å². The molecule has 4 rings (SSSR count). The number of hydrogen-bond acceptors (Lipinski definition) is 4. The predicted octanol–water partition coefficient (Wildman–Crippen LogP) is 3.06. The van der Waals surface area contributed by atoms with Crippen LogP contribution in [-0.2, 0) is 14.8 Å². The molecule has 1 fully saturated rings. The van der Waals surface area contributed by atoms with Crippen LogP contribution < -0.4 is 0 Å². The molecule has 1 aliphatic heterocycles. The van der Waals surface area contributed by atoms with Gasteiger partial charge in [0.2, 0.25) is 10.0 Å². The van der Waals surface area contributed by atoms with E-state index in [9.17, 15) is 18.3 Å². The molecule has 7 nitrogen and oxygen atoms in total. The molecule has 0 aliphatic carbocycles. The van der Waals surface area contributed by atoms with E-state index in [2.05, 4.69) is 20.9 Å². The third kappa shape index (κ3) is 3.83. The van der Waals surface area contributed by atoms with Crippen LogP contribution in [0.1, 0.15) is 11.6 Å². The van der Waals surface area contributed by atoms with Gasteiger partial charge >= 0.3 is 5.97 Å². The first-order valence-electron chi connectivity index (χ1n) is 9.16. The third-order valence-electron chi connectivity index (χ3n) is 5.22. The van der Waals surface area contributed by atoms with E-state index in [0.29, 0.717) is 18.7 Å². The number of sulfonamides is 1. The number of rotatable bonds is 5. The second-order valence-electron chi connectivity index (χ2n) is 6.93. The molecule has 152 valence electrons. The fourth-order valence-electron chi connectivity index (χ4n) is 3.77. The van der Waals surface area contributed by atoms with E-state index in [4.69, 9.17) is 0 Å². The standard InChI is InChI=1S/C20H20BrN3O4S/c21-14-6-7-18-16(12-14)17(13-22-18)19(20(25)26)23-8-10-24(11-9-23)29(27,28)15-4-2-1-3-5-15/h1-7,12-13,19,22H,8-11H2,(H,25,26)/t19-/m0/s1. The number of nitrogens with one attached hydrogen (secondary N) is 1. The van der Waals surface area contributed by atoms with Gasteiger partial charge in [-0.2, -0.15) is 4.31 Å². The number of aliphatic carboxylic acids is 1. The zero-order valence-corrected chi connectivity index (χ0v) is 17.9. The number of carboxylic acids is 1. The fourth-order valence-corrected chi connectivity index (χ4v) is 5.57. The SMILES string of the molecule is O=C(O)[C@H](c1c[nH]c2ccc(Br)cc12)N1CCN(S(=O)(=O)c2ccccc2)CC1. The first-order chi connectivity index (χ1) is 13.9. The number of carboxylic acid groups (broad SMARTS) is 1. The van der Waals surface area contributed by atoms with Crippen molar-refractivity contribution in [2.75, 3.05) is 26.2 Å². The van der Waals surface area contributed by atoms with E-state index in [1.807, 2.05) is 23.1 Å². The molecule has 0 radical (unpaired) electrons. The van der Waals surface area contributed by atoms with Crippen molar-refractivity contribution in [3.63, 3.8) is 0 Å². The zero-order valence-electron chi connectivity index (χ0n) is 15.5. The number of aromatic amines is 1. The lowest BCUT2D eigenvalue weighted by Gasteiger charge is -2.37. The number of halogens is 1. The van der Waals surface area contributed by atoms with Crippen LogP contribution in [-0.4, -0.2) is 59.9 Å². The molecule has 2 heterocycles. The highest BCUT2D eigenvalue weighted by Gasteiger charge is 2.35. The van der Waals surface area contributed by atoms with Crippen molar-refractivity contribution in [3.8, 4) is 0 Å². The lowest BCUT2D eigenvalue weighted by atomic mass is 10.0. The second-order valence-corrected chi connectivity index (χ2v) is 9.78. The zero-order chi connectivity index (χ0) is 20.6. The van der Waals surface area contributed by atoms with Crippen LogP contribution in [0.5, 0.6) is 0 Å². The summed E-state index contributed by atoms with van der Waals surface area (Å²) >= 11 is 3.44. The molecule has 1 aromatic heterocycles. The molecular formula is C20H20BrN3O4S. The largest absolute Gasteiger partial charge is 0.480 e. The lowest BCUT2D eigenvalue weighted by Crippen LogP contribution is -2.50. The normalized spacial score (nSPS) is 17.4. The molecule has 29 heavy (non-hydrogen) atoms. The quantitative estimate of drug-likeness (QED) is 0.588. The van der Waals surface area contributed by atoms with Crippen LogP contribution in [0.3, 0.4) is 0 Å². The highest BCUT2D eigenvalue weighted by Crippen LogP contribution is 2.31. The Morgan fingerprint density at radius 2 is 1.76 bits per heavy atom. The predicted molar refractivity (Wildman–Crippen MR) is 113 cm³/mol. The minimum Gasteiger partial charge on any atom is -0.480 e. The summed E-state index contributed by atoms with van der Waals surface area (Å²) in [6.45, 7) is 1.16. The summed E-state index contributed by atoms with van der Waals surface area (Å²) in [5.74, 6) is -0.953. The van der Waals surface area contributed by atoms with E-state index >= 15 is 0 Å². The number of piperazine rings is 1. The van der Waals surface area contributed by atoms with Gasteiger partial charge in [-0.15, -0.1) is 0 Å². The highest BCUT2D eigenvalue weighted by atomic mass is 79.9. The number of carbonyl (C=O) groups is 1. The average molecular weight is 478 g/mol. The first kappa shape index (κ1) is 20.1. The monoisotopic (exact) mass is 477 g/mol. The first-order valence-corrected chi connectivity index (χ1v) is 11.4. The Kier molecular flexibility index (Phi) is 5.48. The van der Waals surface area contributed by atoms with Crippen LogP contribution in [0.2, 0.25) is 0 Å². The molecule has 1 saturated heterocycles. The van der Waals surface area contributed by atoms with Gasteiger partial charge in [-0.05, 0) is 30.3 Å². The van der Waals surface area contributed by atoms with Crippen LogP contribution in [0.15, 0.2) is 64.1 Å². The number of benzene rings is 2. The number of hydrogen-bond donors (Lipinski definition) is 2. The molecular weight excluding hydrogens is 458 g/mol. The molecule has 3 aromatic rings. The van der Waals surface area contributed by atoms with Crippen molar-refractivity contribution in [1.82, 2.24) is 14.2 Å². The average Bonchev–Trinajstić information content (AvgIpc) is 3.12. The topological polar surface area (TPSA) is 93.7 Å². The molecule has 0 spiro atoms. The Morgan fingerprint density at radius 1 is 1.07 bits per heavy atom. The molecule has 2 N–H and O–H groups in total. The summed E-state index contributed by atoms with van der Waals surface area (Å²) < 4.78 is 27.9. The van der Waals surface area contributed by atoms with Gasteiger partial charge in [-0.1, -0.05) is 34.1 Å². The molecule has 9 heteroatoms. The van der Waals surface area contributed by atoms with Gasteiger partial charge in [0.25, 0.3) is 0 Å². The minimum absolute atomic E-state index is 0.243. The molecule has 0 bridgehead atoms. The van der Waals surface area contributed by atoms with Gasteiger partial charge in [0.1, 0.15) is 6.04 Å². The molecule has 1 aliphatic rings. The molecule has 0 amide bonds. The summed E-state index contributed by atoms with van der Waals surface area (Å²) in [4.78, 5) is 17.3. The molecule has 2 aromatic carbocycles. The van der Waals surface area contributed by atoms with Crippen molar-refractivity contribution in [3.05, 3.63) is 64.8 Å². The van der Waals surface area contributed by atoms with Gasteiger partial charge in [-0.3, -0.25) is 9.69 Å². The van der Waals surface area contributed by atoms with Crippen molar-refractivity contribution >= 4 is 42.8 Å². The Balaban J connectivity index is 1.57. The summed E-state index contributed by atoms with van der Waals surface area (Å²) in [7, 11) is -3.58. The summed E-state index contributed by atoms with van der Waals surface area (Å²) in [6, 6.07) is 13.1. The van der Waals surface area contributed by atoms with Crippen LogP contribution in [0, 0.1) is 0 Å². The number of aromatic nitrogens is 1. The third-order valence-corrected chi connectivity index (χ3v) is 7.63. The Labute approximate surface area is 177 Å². The smallest absolute Gasteiger partial charge is 0.325 e. The maximum absolute atomic E-state index is 12.8. The van der Waals surface area contributed by atoms with Crippen molar-refractivity contribution in [2.45, 2.75) is 10.9 Å². The van der Waals surface area contributed by atoms with Gasteiger partial charge in [0.05, 0.1) is 4.90 Å². The van der Waals surface area contributed by atoms with Gasteiger partial charge in [0, 0.05) is 53.3 Å². The van der Waals surface area contributed by atoms with Crippen LogP contribution in [0.25, 0.3) is 10.9 Å². The van der Waals surface area contributed by atoms with Gasteiger partial charge in [-0.25, -0.2) is 8.42 Å². The van der Waals surface area contributed by atoms with Crippen molar-refractivity contribution < 1.29 is 18.3 Å². The summed E-state index contributed by atoms with van der Waals surface area (Å²) in [6.07, 6.45) is 1.73. The lowest BCUT2D eigenvalue weighted by molar-refractivity contribution is -0.144. The Morgan fingerprint density at radius 3 is 2.41 bits per heavy atom. The molecule has 0 unspecified atom stereocenters. The van der Waals surface area contributed by atoms with Crippen molar-refractivity contribution in [2.24, 2.45) is 0 Å². The maximum atomic E-state index is 12.8. The molecule has 1 atom stereocenters. The van der Waals surface area contributed by atoms with E-state index in [-0.39, 0.29) is 18.0 Å². The van der Waals surface area contributed by atoms with Gasteiger partial charge in [0.15, 0.2) is 0 Å². The van der Waals surface area contributed by atoms with E-state index in [1.54, 1.807) is 36.5 Å². The maximum Gasteiger partial charge on any atom is 0.325 e. The van der Waals surface area contributed by atoms with E-state index < -0.39 is 22.0 Å². The second kappa shape index (κ2) is 7.91.